The van der Waals surface area contributed by atoms with E-state index in [2.05, 4.69) is 4.98 Å². The molecule has 5 heteroatoms. The number of aromatic nitrogens is 1. The summed E-state index contributed by atoms with van der Waals surface area (Å²) in [6.07, 6.45) is 3.34. The third-order valence-electron chi connectivity index (χ3n) is 1.74. The molecule has 0 fully saturated rings. The molecule has 14 heavy (non-hydrogen) atoms. The first-order valence-corrected chi connectivity index (χ1v) is 4.16. The number of hydrogen-bond acceptors (Lipinski definition) is 4. The quantitative estimate of drug-likeness (QED) is 0.306. The molecular formula is C9H11N3O2. The monoisotopic (exact) mass is 193 g/mol. The van der Waals surface area contributed by atoms with Gasteiger partial charge in [0.25, 0.3) is 0 Å². The Labute approximate surface area is 81.3 Å². The van der Waals surface area contributed by atoms with Gasteiger partial charge in [-0.2, -0.15) is 0 Å². The van der Waals surface area contributed by atoms with Crippen LogP contribution < -0.4 is 11.3 Å². The number of rotatable bonds is 4. The van der Waals surface area contributed by atoms with Gasteiger partial charge in [-0.15, -0.1) is 0 Å². The number of nitrogens with zero attached hydrogens (tertiary/aromatic N) is 1. The fourth-order valence-electron chi connectivity index (χ4n) is 0.981. The van der Waals surface area contributed by atoms with Crippen LogP contribution in [0.15, 0.2) is 24.5 Å². The summed E-state index contributed by atoms with van der Waals surface area (Å²) in [6.45, 7) is 0. The van der Waals surface area contributed by atoms with Crippen LogP contribution in [0.4, 0.5) is 0 Å². The Kier molecular flexibility index (Phi) is 3.75. The number of carbonyl (C=O) groups excluding carboxylic acids is 2. The Morgan fingerprint density at radius 1 is 1.29 bits per heavy atom. The van der Waals surface area contributed by atoms with Gasteiger partial charge in [-0.3, -0.25) is 20.0 Å². The van der Waals surface area contributed by atoms with Crippen molar-refractivity contribution in [2.24, 2.45) is 5.84 Å². The van der Waals surface area contributed by atoms with Crippen LogP contribution in [-0.2, 0) is 4.79 Å². The van der Waals surface area contributed by atoms with Crippen molar-refractivity contribution >= 4 is 11.7 Å². The Bertz CT molecular complexity index is 324. The van der Waals surface area contributed by atoms with Crippen molar-refractivity contribution in [3.05, 3.63) is 30.1 Å². The number of nitrogens with one attached hydrogen (secondary N) is 1. The number of hydrogen-bond donors (Lipinski definition) is 2. The standard InChI is InChI=1S/C9H11N3O2/c10-12-9(14)2-1-8(13)7-3-5-11-6-4-7/h3-6H,1-2,10H2,(H,12,14). The third kappa shape index (κ3) is 2.95. The van der Waals surface area contributed by atoms with E-state index in [-0.39, 0.29) is 24.5 Å². The van der Waals surface area contributed by atoms with Crippen molar-refractivity contribution < 1.29 is 9.59 Å². The molecule has 0 bridgehead atoms. The van der Waals surface area contributed by atoms with Crippen LogP contribution in [0.5, 0.6) is 0 Å². The number of ketones is 1. The lowest BCUT2D eigenvalue weighted by Crippen LogP contribution is -2.30. The molecule has 0 aromatic carbocycles. The second kappa shape index (κ2) is 5.08. The highest BCUT2D eigenvalue weighted by Gasteiger charge is 2.07. The number of nitrogens with two attached hydrogens (primary N) is 1. The molecule has 0 saturated carbocycles. The van der Waals surface area contributed by atoms with Crippen LogP contribution in [0.1, 0.15) is 23.2 Å². The summed E-state index contributed by atoms with van der Waals surface area (Å²) in [5, 5.41) is 0. The molecule has 1 amide bonds. The summed E-state index contributed by atoms with van der Waals surface area (Å²) >= 11 is 0. The van der Waals surface area contributed by atoms with Crippen molar-refractivity contribution in [2.45, 2.75) is 12.8 Å². The van der Waals surface area contributed by atoms with E-state index < -0.39 is 0 Å². The normalized spacial score (nSPS) is 9.50. The highest BCUT2D eigenvalue weighted by molar-refractivity contribution is 5.97. The first-order valence-electron chi connectivity index (χ1n) is 4.16. The molecular weight excluding hydrogens is 182 g/mol. The zero-order chi connectivity index (χ0) is 10.4. The summed E-state index contributed by atoms with van der Waals surface area (Å²) in [7, 11) is 0. The Morgan fingerprint density at radius 3 is 2.50 bits per heavy atom. The number of pyridine rings is 1. The first kappa shape index (κ1) is 10.3. The summed E-state index contributed by atoms with van der Waals surface area (Å²) in [5.41, 5.74) is 2.53. The van der Waals surface area contributed by atoms with Gasteiger partial charge in [-0.25, -0.2) is 5.84 Å². The lowest BCUT2D eigenvalue weighted by molar-refractivity contribution is -0.121. The maximum Gasteiger partial charge on any atom is 0.234 e. The van der Waals surface area contributed by atoms with Crippen LogP contribution in [0.2, 0.25) is 0 Å². The second-order valence-corrected chi connectivity index (χ2v) is 2.73. The highest BCUT2D eigenvalue weighted by atomic mass is 16.2. The van der Waals surface area contributed by atoms with Crippen molar-refractivity contribution in [3.63, 3.8) is 0 Å². The second-order valence-electron chi connectivity index (χ2n) is 2.73. The number of amides is 1. The minimum atomic E-state index is -0.340. The van der Waals surface area contributed by atoms with Gasteiger partial charge in [-0.05, 0) is 12.1 Å². The molecule has 1 heterocycles. The Hall–Kier alpha value is -1.75. The molecule has 1 aromatic rings. The van der Waals surface area contributed by atoms with E-state index in [9.17, 15) is 9.59 Å². The summed E-state index contributed by atoms with van der Waals surface area (Å²) < 4.78 is 0. The SMILES string of the molecule is NNC(=O)CCC(=O)c1ccncc1. The predicted octanol–water partition coefficient (Wildman–Crippen LogP) is 0.0344. The molecule has 0 saturated heterocycles. The van der Waals surface area contributed by atoms with E-state index >= 15 is 0 Å². The summed E-state index contributed by atoms with van der Waals surface area (Å²) in [5.74, 6) is 4.45. The Morgan fingerprint density at radius 2 is 1.93 bits per heavy atom. The average molecular weight is 193 g/mol. The van der Waals surface area contributed by atoms with Crippen molar-refractivity contribution in [3.8, 4) is 0 Å². The first-order chi connectivity index (χ1) is 6.74. The largest absolute Gasteiger partial charge is 0.294 e. The molecule has 1 rings (SSSR count). The van der Waals surface area contributed by atoms with Crippen LogP contribution in [-0.4, -0.2) is 16.7 Å². The maximum absolute atomic E-state index is 11.4. The number of carbonyl (C=O) groups is 2. The molecule has 0 aliphatic carbocycles. The molecule has 0 unspecified atom stereocenters. The topological polar surface area (TPSA) is 85.1 Å². The van der Waals surface area contributed by atoms with Crippen LogP contribution in [0, 0.1) is 0 Å². The third-order valence-corrected chi connectivity index (χ3v) is 1.74. The van der Waals surface area contributed by atoms with Crippen molar-refractivity contribution in [1.82, 2.24) is 10.4 Å². The average Bonchev–Trinajstić information content (AvgIpc) is 2.26. The molecule has 1 aromatic heterocycles. The van der Waals surface area contributed by atoms with E-state index in [0.29, 0.717) is 5.56 Å². The van der Waals surface area contributed by atoms with Crippen LogP contribution in [0.25, 0.3) is 0 Å². The molecule has 3 N–H and O–H groups in total. The van der Waals surface area contributed by atoms with Gasteiger partial charge in [0, 0.05) is 30.8 Å². The van der Waals surface area contributed by atoms with Gasteiger partial charge in [0.1, 0.15) is 0 Å². The lowest BCUT2D eigenvalue weighted by atomic mass is 10.1. The minimum Gasteiger partial charge on any atom is -0.294 e. The van der Waals surface area contributed by atoms with Gasteiger partial charge < -0.3 is 0 Å². The fourth-order valence-corrected chi connectivity index (χ4v) is 0.981. The van der Waals surface area contributed by atoms with Gasteiger partial charge in [0.15, 0.2) is 5.78 Å². The fraction of sp³-hybridized carbons (Fsp3) is 0.222. The van der Waals surface area contributed by atoms with E-state index in [1.165, 1.54) is 12.4 Å². The zero-order valence-corrected chi connectivity index (χ0v) is 7.56. The molecule has 0 radical (unpaired) electrons. The van der Waals surface area contributed by atoms with Gasteiger partial charge >= 0.3 is 0 Å². The van der Waals surface area contributed by atoms with Gasteiger partial charge in [-0.1, -0.05) is 0 Å². The van der Waals surface area contributed by atoms with E-state index in [1.807, 2.05) is 5.43 Å². The summed E-state index contributed by atoms with van der Waals surface area (Å²) in [6, 6.07) is 3.23. The lowest BCUT2D eigenvalue weighted by Gasteiger charge is -1.99. The molecule has 0 aliphatic rings. The van der Waals surface area contributed by atoms with Crippen LogP contribution in [0.3, 0.4) is 0 Å². The van der Waals surface area contributed by atoms with Gasteiger partial charge in [0.05, 0.1) is 0 Å². The smallest absolute Gasteiger partial charge is 0.234 e. The molecule has 0 spiro atoms. The summed E-state index contributed by atoms with van der Waals surface area (Å²) in [4.78, 5) is 26.0. The molecule has 5 nitrogen and oxygen atoms in total. The van der Waals surface area contributed by atoms with E-state index in [1.54, 1.807) is 12.1 Å². The minimum absolute atomic E-state index is 0.0870. The Balaban J connectivity index is 2.48. The van der Waals surface area contributed by atoms with E-state index in [4.69, 9.17) is 5.84 Å². The zero-order valence-electron chi connectivity index (χ0n) is 7.56. The van der Waals surface area contributed by atoms with Crippen molar-refractivity contribution in [2.75, 3.05) is 0 Å². The maximum atomic E-state index is 11.4. The molecule has 0 atom stereocenters. The number of hydrazine groups is 1. The van der Waals surface area contributed by atoms with E-state index in [0.717, 1.165) is 0 Å². The highest BCUT2D eigenvalue weighted by Crippen LogP contribution is 2.03. The van der Waals surface area contributed by atoms with Crippen LogP contribution >= 0.6 is 0 Å². The van der Waals surface area contributed by atoms with Gasteiger partial charge in [0.2, 0.25) is 5.91 Å². The molecule has 74 valence electrons. The number of Topliss-reactive ketones (excluding diaryl/α,β-unsaturated/α-hetero) is 1. The molecule has 0 aliphatic heterocycles. The van der Waals surface area contributed by atoms with Crippen molar-refractivity contribution in [1.29, 1.82) is 0 Å². The predicted molar refractivity (Wildman–Crippen MR) is 50.1 cm³/mol.